The summed E-state index contributed by atoms with van der Waals surface area (Å²) >= 11 is 0. The maximum atomic E-state index is 11.2. The van der Waals surface area contributed by atoms with Gasteiger partial charge in [-0.2, -0.15) is 0 Å². The highest BCUT2D eigenvalue weighted by molar-refractivity contribution is 7.89. The van der Waals surface area contributed by atoms with Crippen LogP contribution < -0.4 is 10.0 Å². The summed E-state index contributed by atoms with van der Waals surface area (Å²) in [7, 11) is -1.56. The molecule has 0 unspecified atom stereocenters. The van der Waals surface area contributed by atoms with Gasteiger partial charge in [0.15, 0.2) is 0 Å². The molecule has 82 valence electrons. The first-order valence-electron chi connectivity index (χ1n) is 4.85. The summed E-state index contributed by atoms with van der Waals surface area (Å²) in [5.74, 6) is 0. The summed E-state index contributed by atoms with van der Waals surface area (Å²) in [6.45, 7) is 1.02. The number of benzene rings is 1. The fourth-order valence-corrected chi connectivity index (χ4v) is 2.50. The average molecular weight is 226 g/mol. The van der Waals surface area contributed by atoms with Crippen LogP contribution in [0, 0.1) is 0 Å². The van der Waals surface area contributed by atoms with Crippen LogP contribution in [0.1, 0.15) is 12.0 Å². The molecule has 0 amide bonds. The number of nitrogens with zero attached hydrogens (tertiary/aromatic N) is 1. The molecule has 1 aliphatic rings. The molecule has 15 heavy (non-hydrogen) atoms. The summed E-state index contributed by atoms with van der Waals surface area (Å²) in [6, 6.07) is 5.07. The van der Waals surface area contributed by atoms with Crippen LogP contribution >= 0.6 is 0 Å². The molecule has 0 atom stereocenters. The second kappa shape index (κ2) is 3.50. The first-order valence-corrected chi connectivity index (χ1v) is 6.40. The molecular weight excluding hydrogens is 212 g/mol. The van der Waals surface area contributed by atoms with E-state index in [9.17, 15) is 8.42 Å². The minimum Gasteiger partial charge on any atom is -0.374 e. The lowest BCUT2D eigenvalue weighted by atomic mass is 10.0. The number of sulfonamides is 1. The van der Waals surface area contributed by atoms with Crippen LogP contribution in [0.3, 0.4) is 0 Å². The standard InChI is InChI=1S/C10H14N2O2S/c1-12-6-2-3-8-7-9(15(11,13)14)4-5-10(8)12/h4-5,7H,2-3,6H2,1H3,(H2,11,13,14). The normalized spacial score (nSPS) is 16.3. The Morgan fingerprint density at radius 1 is 1.40 bits per heavy atom. The molecule has 0 bridgehead atoms. The zero-order valence-electron chi connectivity index (χ0n) is 8.60. The third-order valence-electron chi connectivity index (χ3n) is 2.73. The lowest BCUT2D eigenvalue weighted by molar-refractivity contribution is 0.597. The van der Waals surface area contributed by atoms with E-state index in [1.165, 1.54) is 0 Å². The van der Waals surface area contributed by atoms with Gasteiger partial charge >= 0.3 is 0 Å². The van der Waals surface area contributed by atoms with Gasteiger partial charge in [-0.25, -0.2) is 13.6 Å². The lowest BCUT2D eigenvalue weighted by Gasteiger charge is -2.27. The van der Waals surface area contributed by atoms with Crippen molar-refractivity contribution in [2.75, 3.05) is 18.5 Å². The number of nitrogens with two attached hydrogens (primary N) is 1. The van der Waals surface area contributed by atoms with Crippen LogP contribution in [0.4, 0.5) is 5.69 Å². The molecule has 0 fully saturated rings. The molecule has 0 aromatic heterocycles. The Hall–Kier alpha value is -1.07. The van der Waals surface area contributed by atoms with Crippen molar-refractivity contribution >= 4 is 15.7 Å². The monoisotopic (exact) mass is 226 g/mol. The van der Waals surface area contributed by atoms with Crippen molar-refractivity contribution in [3.63, 3.8) is 0 Å². The van der Waals surface area contributed by atoms with Crippen molar-refractivity contribution < 1.29 is 8.42 Å². The summed E-state index contributed by atoms with van der Waals surface area (Å²) in [5.41, 5.74) is 2.17. The van der Waals surface area contributed by atoms with Gasteiger partial charge in [-0.05, 0) is 36.6 Å². The highest BCUT2D eigenvalue weighted by Crippen LogP contribution is 2.27. The van der Waals surface area contributed by atoms with Crippen LogP contribution in [-0.4, -0.2) is 22.0 Å². The number of hydrogen-bond acceptors (Lipinski definition) is 3. The molecule has 4 nitrogen and oxygen atoms in total. The van der Waals surface area contributed by atoms with Gasteiger partial charge in [0, 0.05) is 19.3 Å². The van der Waals surface area contributed by atoms with Gasteiger partial charge in [0.2, 0.25) is 10.0 Å². The van der Waals surface area contributed by atoms with Crippen LogP contribution in [0.5, 0.6) is 0 Å². The SMILES string of the molecule is CN1CCCc2cc(S(N)(=O)=O)ccc21. The molecule has 0 spiro atoms. The maximum Gasteiger partial charge on any atom is 0.238 e. The Kier molecular flexibility index (Phi) is 2.44. The van der Waals surface area contributed by atoms with E-state index >= 15 is 0 Å². The zero-order valence-corrected chi connectivity index (χ0v) is 9.42. The minimum absolute atomic E-state index is 0.205. The fraction of sp³-hybridized carbons (Fsp3) is 0.400. The van der Waals surface area contributed by atoms with Crippen molar-refractivity contribution in [2.24, 2.45) is 5.14 Å². The smallest absolute Gasteiger partial charge is 0.238 e. The third kappa shape index (κ3) is 1.98. The molecule has 1 heterocycles. The number of primary sulfonamides is 1. The second-order valence-electron chi connectivity index (χ2n) is 3.86. The number of anilines is 1. The summed E-state index contributed by atoms with van der Waals surface area (Å²) in [6.07, 6.45) is 1.97. The highest BCUT2D eigenvalue weighted by atomic mass is 32.2. The Labute approximate surface area is 89.7 Å². The topological polar surface area (TPSA) is 63.4 Å². The molecule has 1 aromatic carbocycles. The van der Waals surface area contributed by atoms with Gasteiger partial charge in [-0.15, -0.1) is 0 Å². The molecule has 0 saturated carbocycles. The van der Waals surface area contributed by atoms with Crippen LogP contribution in [0.25, 0.3) is 0 Å². The van der Waals surface area contributed by atoms with E-state index in [1.54, 1.807) is 12.1 Å². The largest absolute Gasteiger partial charge is 0.374 e. The van der Waals surface area contributed by atoms with Gasteiger partial charge in [-0.3, -0.25) is 0 Å². The number of aryl methyl sites for hydroxylation is 1. The third-order valence-corrected chi connectivity index (χ3v) is 3.64. The van der Waals surface area contributed by atoms with E-state index in [0.29, 0.717) is 0 Å². The Morgan fingerprint density at radius 3 is 2.80 bits per heavy atom. The lowest BCUT2D eigenvalue weighted by Crippen LogP contribution is -2.25. The summed E-state index contributed by atoms with van der Waals surface area (Å²) < 4.78 is 22.3. The predicted molar refractivity (Wildman–Crippen MR) is 59.4 cm³/mol. The van der Waals surface area contributed by atoms with E-state index in [4.69, 9.17) is 5.14 Å². The van der Waals surface area contributed by atoms with E-state index in [0.717, 1.165) is 30.6 Å². The zero-order chi connectivity index (χ0) is 11.1. The van der Waals surface area contributed by atoms with E-state index < -0.39 is 10.0 Å². The molecule has 5 heteroatoms. The van der Waals surface area contributed by atoms with Gasteiger partial charge in [0.1, 0.15) is 0 Å². The van der Waals surface area contributed by atoms with E-state index in [1.807, 2.05) is 13.1 Å². The summed E-state index contributed by atoms with van der Waals surface area (Å²) in [4.78, 5) is 2.34. The molecule has 1 aliphatic heterocycles. The first kappa shape index (κ1) is 10.4. The average Bonchev–Trinajstić information content (AvgIpc) is 2.16. The number of fused-ring (bicyclic) bond motifs is 1. The van der Waals surface area contributed by atoms with Crippen molar-refractivity contribution in [1.82, 2.24) is 0 Å². The van der Waals surface area contributed by atoms with Gasteiger partial charge in [0.25, 0.3) is 0 Å². The fourth-order valence-electron chi connectivity index (χ4n) is 1.94. The molecular formula is C10H14N2O2S. The van der Waals surface area contributed by atoms with Gasteiger partial charge in [-0.1, -0.05) is 0 Å². The Morgan fingerprint density at radius 2 is 2.13 bits per heavy atom. The van der Waals surface area contributed by atoms with Crippen LogP contribution in [-0.2, 0) is 16.4 Å². The van der Waals surface area contributed by atoms with Crippen molar-refractivity contribution in [3.05, 3.63) is 23.8 Å². The number of rotatable bonds is 1. The number of hydrogen-bond donors (Lipinski definition) is 1. The van der Waals surface area contributed by atoms with Crippen molar-refractivity contribution in [3.8, 4) is 0 Å². The van der Waals surface area contributed by atoms with Crippen LogP contribution in [0.15, 0.2) is 23.1 Å². The molecule has 0 radical (unpaired) electrons. The van der Waals surface area contributed by atoms with Gasteiger partial charge < -0.3 is 4.90 Å². The predicted octanol–water partition coefficient (Wildman–Crippen LogP) is 0.716. The van der Waals surface area contributed by atoms with E-state index in [2.05, 4.69) is 4.90 Å². The maximum absolute atomic E-state index is 11.2. The Bertz CT molecular complexity index is 482. The molecule has 0 aliphatic carbocycles. The molecule has 1 aromatic rings. The van der Waals surface area contributed by atoms with Crippen LogP contribution in [0.2, 0.25) is 0 Å². The van der Waals surface area contributed by atoms with E-state index in [-0.39, 0.29) is 4.90 Å². The highest BCUT2D eigenvalue weighted by Gasteiger charge is 2.16. The molecule has 0 saturated heterocycles. The van der Waals surface area contributed by atoms with Crippen molar-refractivity contribution in [2.45, 2.75) is 17.7 Å². The van der Waals surface area contributed by atoms with Crippen molar-refractivity contribution in [1.29, 1.82) is 0 Å². The molecule has 2 N–H and O–H groups in total. The Balaban J connectivity index is 2.51. The van der Waals surface area contributed by atoms with Gasteiger partial charge in [0.05, 0.1) is 4.90 Å². The second-order valence-corrected chi connectivity index (χ2v) is 5.42. The first-order chi connectivity index (χ1) is 6.98. The summed E-state index contributed by atoms with van der Waals surface area (Å²) in [5, 5.41) is 5.08. The quantitative estimate of drug-likeness (QED) is 0.767. The molecule has 2 rings (SSSR count). The minimum atomic E-state index is -3.57.